The van der Waals surface area contributed by atoms with Crippen LogP contribution in [0.1, 0.15) is 0 Å². The fourth-order valence-electron chi connectivity index (χ4n) is 0.968. The van der Waals surface area contributed by atoms with Crippen LogP contribution in [0.4, 0.5) is 0 Å². The summed E-state index contributed by atoms with van der Waals surface area (Å²) in [5.74, 6) is 0. The van der Waals surface area contributed by atoms with Crippen molar-refractivity contribution >= 4 is 11.5 Å². The van der Waals surface area contributed by atoms with Crippen LogP contribution in [-0.4, -0.2) is 4.49 Å². The molecule has 0 radical (unpaired) electrons. The predicted octanol–water partition coefficient (Wildman–Crippen LogP) is 0.713. The maximum Gasteiger partial charge on any atom is 0.318 e. The number of para-hydroxylation sites is 1. The van der Waals surface area contributed by atoms with Crippen LogP contribution in [0.2, 0.25) is 0 Å². The molecule has 1 aromatic carbocycles. The van der Waals surface area contributed by atoms with E-state index in [4.69, 9.17) is 0 Å². The summed E-state index contributed by atoms with van der Waals surface area (Å²) in [5.41, 5.74) is 0.968. The molecule has 0 saturated heterocycles. The monoisotopic (exact) mass is 179 g/mol. The highest BCUT2D eigenvalue weighted by Crippen LogP contribution is 1.94. The van der Waals surface area contributed by atoms with Crippen molar-refractivity contribution in [2.24, 2.45) is 0 Å². The van der Waals surface area contributed by atoms with Gasteiger partial charge in [0.05, 0.1) is 0 Å². The van der Waals surface area contributed by atoms with E-state index in [-0.39, 0.29) is 4.74 Å². The van der Waals surface area contributed by atoms with Gasteiger partial charge in [-0.3, -0.25) is 4.79 Å². The molecule has 0 atom stereocenters. The van der Waals surface area contributed by atoms with Crippen molar-refractivity contribution in [2.45, 2.75) is 0 Å². The third-order valence-corrected chi connectivity index (χ3v) is 2.11. The minimum Gasteiger partial charge on any atom is -0.269 e. The zero-order valence-electron chi connectivity index (χ0n) is 6.23. The number of aromatic nitrogens is 2. The Morgan fingerprint density at radius 1 is 1.25 bits per heavy atom. The van der Waals surface area contributed by atoms with Crippen molar-refractivity contribution in [3.8, 4) is 5.69 Å². The van der Waals surface area contributed by atoms with E-state index in [1.807, 2.05) is 30.3 Å². The van der Waals surface area contributed by atoms with E-state index in [1.165, 1.54) is 6.20 Å². The van der Waals surface area contributed by atoms with Gasteiger partial charge >= 0.3 is 4.74 Å². The summed E-state index contributed by atoms with van der Waals surface area (Å²) in [4.78, 5) is 10.8. The maximum absolute atomic E-state index is 10.8. The van der Waals surface area contributed by atoms with Gasteiger partial charge < -0.3 is 0 Å². The lowest BCUT2D eigenvalue weighted by Gasteiger charge is -1.85. The Kier molecular flexibility index (Phi) is 1.75. The number of hydrogen-bond donors (Lipinski definition) is 1. The van der Waals surface area contributed by atoms with Crippen molar-refractivity contribution in [3.05, 3.63) is 46.1 Å². The quantitative estimate of drug-likeness (QED) is 0.643. The molecule has 4 heteroatoms. The van der Waals surface area contributed by atoms with Crippen LogP contribution in [0.3, 0.4) is 0 Å². The molecule has 0 bridgehead atoms. The van der Waals surface area contributed by atoms with Crippen molar-refractivity contribution in [3.63, 3.8) is 0 Å². The first-order valence-corrected chi connectivity index (χ1v) is 4.33. The molecule has 1 heterocycles. The molecule has 12 heavy (non-hydrogen) atoms. The summed E-state index contributed by atoms with van der Waals surface area (Å²) in [6.45, 7) is 0. The number of benzene rings is 1. The molecule has 60 valence electrons. The Hall–Kier alpha value is -1.42. The number of rotatable bonds is 1. The minimum atomic E-state index is 0.0267. The fraction of sp³-hybridized carbons (Fsp3) is 0. The minimum absolute atomic E-state index is 0.0267. The summed E-state index contributed by atoms with van der Waals surface area (Å²) in [6.07, 6.45) is 1.53. The molecule has 0 aliphatic rings. The second kappa shape index (κ2) is 2.91. The highest BCUT2D eigenvalue weighted by atomic mass is 32.1. The Bertz CT molecular complexity index is 418. The first kappa shape index (κ1) is 7.24. The van der Waals surface area contributed by atoms with Crippen LogP contribution in [0, 0.1) is 0 Å². The van der Waals surface area contributed by atoms with E-state index >= 15 is 0 Å². The normalized spacial score (nSPS) is 10.0. The van der Waals surface area contributed by atoms with Crippen LogP contribution in [0.5, 0.6) is 0 Å². The molecule has 0 spiro atoms. The molecular weight excluding hydrogens is 172 g/mol. The second-order valence-corrected chi connectivity index (χ2v) is 3.14. The van der Waals surface area contributed by atoms with Crippen LogP contribution in [0.25, 0.3) is 5.69 Å². The van der Waals surface area contributed by atoms with E-state index in [0.29, 0.717) is 0 Å². The summed E-state index contributed by atoms with van der Waals surface area (Å²) < 4.78 is 4.60. The van der Waals surface area contributed by atoms with E-state index < -0.39 is 0 Å². The van der Waals surface area contributed by atoms with Gasteiger partial charge in [0.25, 0.3) is 6.20 Å². The molecule has 3 nitrogen and oxygen atoms in total. The van der Waals surface area contributed by atoms with Crippen LogP contribution >= 0.6 is 11.5 Å². The zero-order chi connectivity index (χ0) is 8.39. The third-order valence-electron chi connectivity index (χ3n) is 1.51. The Balaban J connectivity index is 2.51. The van der Waals surface area contributed by atoms with Crippen molar-refractivity contribution in [1.82, 2.24) is 4.49 Å². The topological polar surface area (TPSA) is 36.7 Å². The first-order valence-electron chi connectivity index (χ1n) is 3.52. The van der Waals surface area contributed by atoms with Gasteiger partial charge in [0, 0.05) is 23.7 Å². The van der Waals surface area contributed by atoms with Gasteiger partial charge in [0.1, 0.15) is 0 Å². The molecule has 1 aromatic heterocycles. The second-order valence-electron chi connectivity index (χ2n) is 2.35. The van der Waals surface area contributed by atoms with E-state index in [0.717, 1.165) is 17.2 Å². The molecule has 0 amide bonds. The van der Waals surface area contributed by atoms with Gasteiger partial charge in [-0.25, -0.2) is 0 Å². The van der Waals surface area contributed by atoms with Gasteiger partial charge in [-0.1, -0.05) is 22.9 Å². The molecule has 0 aliphatic heterocycles. The first-order chi connectivity index (χ1) is 5.86. The number of H-pyrrole nitrogens is 1. The Morgan fingerprint density at radius 3 is 2.58 bits per heavy atom. The summed E-state index contributed by atoms with van der Waals surface area (Å²) >= 11 is 1.08. The fourth-order valence-corrected chi connectivity index (χ4v) is 1.47. The van der Waals surface area contributed by atoms with Gasteiger partial charge in [0.2, 0.25) is 5.69 Å². The van der Waals surface area contributed by atoms with Crippen LogP contribution in [-0.2, 0) is 0 Å². The van der Waals surface area contributed by atoms with Crippen molar-refractivity contribution in [1.29, 1.82) is 0 Å². The lowest BCUT2D eigenvalue weighted by atomic mass is 10.3. The maximum atomic E-state index is 10.8. The lowest BCUT2D eigenvalue weighted by molar-refractivity contribution is -0.651. The molecule has 0 fully saturated rings. The summed E-state index contributed by atoms with van der Waals surface area (Å²) in [5, 5.41) is 0. The smallest absolute Gasteiger partial charge is 0.269 e. The largest absolute Gasteiger partial charge is 0.318 e. The standard InChI is InChI=1S/C8H6N2OS/c11-8-6-10(9-12-8)7-4-2-1-3-5-7/h1-6H/p+1. The van der Waals surface area contributed by atoms with Crippen LogP contribution in [0.15, 0.2) is 41.3 Å². The van der Waals surface area contributed by atoms with E-state index in [1.54, 1.807) is 4.68 Å². The summed E-state index contributed by atoms with van der Waals surface area (Å²) in [7, 11) is 0. The van der Waals surface area contributed by atoms with Crippen LogP contribution < -0.4 is 9.42 Å². The number of hydrogen-bond acceptors (Lipinski definition) is 2. The van der Waals surface area contributed by atoms with Crippen molar-refractivity contribution in [2.75, 3.05) is 0 Å². The molecule has 0 aliphatic carbocycles. The highest BCUT2D eigenvalue weighted by Gasteiger charge is 2.06. The third kappa shape index (κ3) is 1.29. The highest BCUT2D eigenvalue weighted by molar-refractivity contribution is 7.02. The van der Waals surface area contributed by atoms with E-state index in [2.05, 4.69) is 4.49 Å². The molecular formula is C8H7N2OS+. The molecule has 0 saturated carbocycles. The van der Waals surface area contributed by atoms with E-state index in [9.17, 15) is 4.79 Å². The van der Waals surface area contributed by atoms with Gasteiger partial charge in [-0.15, -0.1) is 4.49 Å². The molecule has 2 aromatic rings. The van der Waals surface area contributed by atoms with Gasteiger partial charge in [-0.2, -0.15) is 0 Å². The lowest BCUT2D eigenvalue weighted by Crippen LogP contribution is -2.31. The number of nitrogens with zero attached hydrogens (tertiary/aromatic N) is 1. The molecule has 2 rings (SSSR count). The SMILES string of the molecule is O=c1c[n+](-c2ccccc2)[nH]s1. The zero-order valence-corrected chi connectivity index (χ0v) is 7.04. The number of aromatic amines is 1. The average Bonchev–Trinajstić information content (AvgIpc) is 2.54. The average molecular weight is 179 g/mol. The molecule has 1 N–H and O–H groups in total. The summed E-state index contributed by atoms with van der Waals surface area (Å²) in [6, 6.07) is 9.66. The Morgan fingerprint density at radius 2 is 2.00 bits per heavy atom. The Labute approximate surface area is 73.0 Å². The van der Waals surface area contributed by atoms with Crippen molar-refractivity contribution < 1.29 is 4.68 Å². The molecule has 0 unspecified atom stereocenters. The van der Waals surface area contributed by atoms with Gasteiger partial charge in [0.15, 0.2) is 0 Å². The predicted molar refractivity (Wildman–Crippen MR) is 46.5 cm³/mol. The van der Waals surface area contributed by atoms with Gasteiger partial charge in [-0.05, 0) is 0 Å². The number of nitrogens with one attached hydrogen (secondary N) is 1.